The molecule has 0 atom stereocenters. The van der Waals surface area contributed by atoms with Crippen LogP contribution in [0.15, 0.2) is 18.5 Å². The van der Waals surface area contributed by atoms with E-state index < -0.39 is 0 Å². The van der Waals surface area contributed by atoms with Crippen molar-refractivity contribution in [2.24, 2.45) is 0 Å². The van der Waals surface area contributed by atoms with Crippen LogP contribution in [0.25, 0.3) is 0 Å². The fourth-order valence-electron chi connectivity index (χ4n) is 2.42. The lowest BCUT2D eigenvalue weighted by atomic mass is 10.1. The SMILES string of the molecule is O=C(NCc1cn[nH]c1)c1cc2c(s1)CCCCC2. The summed E-state index contributed by atoms with van der Waals surface area (Å²) in [7, 11) is 0. The molecule has 3 rings (SSSR count). The zero-order chi connectivity index (χ0) is 13.1. The van der Waals surface area contributed by atoms with Crippen molar-refractivity contribution in [1.29, 1.82) is 0 Å². The standard InChI is InChI=1S/C14H17N3OS/c18-14(15-7-10-8-16-17-9-10)13-6-11-4-2-1-3-5-12(11)19-13/h6,8-9H,1-5,7H2,(H,15,18)(H,16,17). The van der Waals surface area contributed by atoms with Crippen LogP contribution in [-0.2, 0) is 19.4 Å². The van der Waals surface area contributed by atoms with Gasteiger partial charge in [-0.05, 0) is 37.3 Å². The second-order valence-corrected chi connectivity index (χ2v) is 6.05. The highest BCUT2D eigenvalue weighted by molar-refractivity contribution is 7.14. The van der Waals surface area contributed by atoms with Crippen molar-refractivity contribution in [2.45, 2.75) is 38.6 Å². The summed E-state index contributed by atoms with van der Waals surface area (Å²) in [6.45, 7) is 0.526. The van der Waals surface area contributed by atoms with Crippen LogP contribution in [-0.4, -0.2) is 16.1 Å². The predicted molar refractivity (Wildman–Crippen MR) is 75.3 cm³/mol. The molecule has 0 saturated heterocycles. The lowest BCUT2D eigenvalue weighted by Crippen LogP contribution is -2.21. The van der Waals surface area contributed by atoms with Gasteiger partial charge in [0.15, 0.2) is 0 Å². The Morgan fingerprint density at radius 1 is 1.37 bits per heavy atom. The number of hydrogen-bond donors (Lipinski definition) is 2. The Balaban J connectivity index is 1.66. The van der Waals surface area contributed by atoms with E-state index >= 15 is 0 Å². The molecule has 5 heteroatoms. The number of carbonyl (C=O) groups is 1. The maximum atomic E-state index is 12.1. The molecule has 0 aliphatic heterocycles. The minimum atomic E-state index is 0.0271. The van der Waals surface area contributed by atoms with Gasteiger partial charge in [0.05, 0.1) is 11.1 Å². The average Bonchev–Trinajstić information content (AvgIpc) is 3.02. The number of nitrogens with zero attached hydrogens (tertiary/aromatic N) is 1. The molecule has 0 saturated carbocycles. The Morgan fingerprint density at radius 2 is 2.26 bits per heavy atom. The lowest BCUT2D eigenvalue weighted by molar-refractivity contribution is 0.0955. The van der Waals surface area contributed by atoms with Crippen LogP contribution in [0.1, 0.15) is 44.9 Å². The second-order valence-electron chi connectivity index (χ2n) is 4.91. The number of H-pyrrole nitrogens is 1. The summed E-state index contributed by atoms with van der Waals surface area (Å²) in [5.74, 6) is 0.0271. The highest BCUT2D eigenvalue weighted by Crippen LogP contribution is 2.28. The van der Waals surface area contributed by atoms with E-state index in [0.717, 1.165) is 23.3 Å². The predicted octanol–water partition coefficient (Wildman–Crippen LogP) is 2.67. The van der Waals surface area contributed by atoms with E-state index in [1.807, 2.05) is 0 Å². The molecule has 19 heavy (non-hydrogen) atoms. The molecule has 2 aromatic rings. The van der Waals surface area contributed by atoms with Gasteiger partial charge >= 0.3 is 0 Å². The van der Waals surface area contributed by atoms with Crippen LogP contribution in [0, 0.1) is 0 Å². The zero-order valence-corrected chi connectivity index (χ0v) is 11.6. The molecule has 2 heterocycles. The number of nitrogens with one attached hydrogen (secondary N) is 2. The summed E-state index contributed by atoms with van der Waals surface area (Å²) in [6.07, 6.45) is 9.59. The first kappa shape index (κ1) is 12.4. The minimum absolute atomic E-state index is 0.0271. The van der Waals surface area contributed by atoms with Gasteiger partial charge in [0, 0.05) is 23.2 Å². The van der Waals surface area contributed by atoms with E-state index in [1.165, 1.54) is 29.7 Å². The first-order chi connectivity index (χ1) is 9.33. The number of amides is 1. The quantitative estimate of drug-likeness (QED) is 0.846. The van der Waals surface area contributed by atoms with E-state index in [4.69, 9.17) is 0 Å². The number of hydrogen-bond acceptors (Lipinski definition) is 3. The number of fused-ring (bicyclic) bond motifs is 1. The molecular weight excluding hydrogens is 258 g/mol. The van der Waals surface area contributed by atoms with Crippen LogP contribution in [0.4, 0.5) is 0 Å². The van der Waals surface area contributed by atoms with Gasteiger partial charge in [-0.2, -0.15) is 5.10 Å². The maximum Gasteiger partial charge on any atom is 0.261 e. The van der Waals surface area contributed by atoms with E-state index in [0.29, 0.717) is 6.54 Å². The van der Waals surface area contributed by atoms with Gasteiger partial charge in [-0.1, -0.05) is 6.42 Å². The summed E-state index contributed by atoms with van der Waals surface area (Å²) in [5, 5.41) is 9.54. The molecule has 2 N–H and O–H groups in total. The Hall–Kier alpha value is -1.62. The highest BCUT2D eigenvalue weighted by atomic mass is 32.1. The third kappa shape index (κ3) is 2.87. The largest absolute Gasteiger partial charge is 0.347 e. The number of carbonyl (C=O) groups excluding carboxylic acids is 1. The Kier molecular flexibility index (Phi) is 3.64. The summed E-state index contributed by atoms with van der Waals surface area (Å²) < 4.78 is 0. The summed E-state index contributed by atoms with van der Waals surface area (Å²) >= 11 is 1.66. The number of rotatable bonds is 3. The third-order valence-corrected chi connectivity index (χ3v) is 4.71. The highest BCUT2D eigenvalue weighted by Gasteiger charge is 2.16. The van der Waals surface area contributed by atoms with Gasteiger partial charge in [0.25, 0.3) is 5.91 Å². The van der Waals surface area contributed by atoms with Crippen LogP contribution in [0.3, 0.4) is 0 Å². The van der Waals surface area contributed by atoms with Crippen molar-refractivity contribution >= 4 is 17.2 Å². The summed E-state index contributed by atoms with van der Waals surface area (Å²) in [6, 6.07) is 2.08. The first-order valence-corrected chi connectivity index (χ1v) is 7.52. The normalized spacial score (nSPS) is 14.7. The van der Waals surface area contributed by atoms with Gasteiger partial charge in [-0.15, -0.1) is 11.3 Å². The van der Waals surface area contributed by atoms with E-state index in [9.17, 15) is 4.79 Å². The Labute approximate surface area is 116 Å². The topological polar surface area (TPSA) is 57.8 Å². The molecule has 2 aromatic heterocycles. The summed E-state index contributed by atoms with van der Waals surface area (Å²) in [5.41, 5.74) is 2.38. The zero-order valence-electron chi connectivity index (χ0n) is 10.7. The Bertz CT molecular complexity index is 536. The van der Waals surface area contributed by atoms with Crippen molar-refractivity contribution in [2.75, 3.05) is 0 Å². The van der Waals surface area contributed by atoms with Gasteiger partial charge in [-0.25, -0.2) is 0 Å². The van der Waals surface area contributed by atoms with Crippen LogP contribution < -0.4 is 5.32 Å². The number of aryl methyl sites for hydroxylation is 2. The van der Waals surface area contributed by atoms with E-state index in [1.54, 1.807) is 23.7 Å². The maximum absolute atomic E-state index is 12.1. The molecule has 100 valence electrons. The molecule has 0 spiro atoms. The first-order valence-electron chi connectivity index (χ1n) is 6.70. The molecule has 0 radical (unpaired) electrons. The van der Waals surface area contributed by atoms with Crippen molar-refractivity contribution in [3.8, 4) is 0 Å². The molecule has 0 aromatic carbocycles. The Morgan fingerprint density at radius 3 is 3.11 bits per heavy atom. The molecular formula is C14H17N3OS. The van der Waals surface area contributed by atoms with Gasteiger partial charge in [0.2, 0.25) is 0 Å². The molecule has 0 fully saturated rings. The van der Waals surface area contributed by atoms with Gasteiger partial charge < -0.3 is 5.32 Å². The summed E-state index contributed by atoms with van der Waals surface area (Å²) in [4.78, 5) is 14.4. The average molecular weight is 275 g/mol. The van der Waals surface area contributed by atoms with Gasteiger partial charge in [0.1, 0.15) is 0 Å². The molecule has 1 aliphatic rings. The van der Waals surface area contributed by atoms with Crippen molar-refractivity contribution in [1.82, 2.24) is 15.5 Å². The molecule has 0 bridgehead atoms. The van der Waals surface area contributed by atoms with Crippen molar-refractivity contribution in [3.05, 3.63) is 39.3 Å². The lowest BCUT2D eigenvalue weighted by Gasteiger charge is -2.00. The number of aromatic nitrogens is 2. The smallest absolute Gasteiger partial charge is 0.261 e. The van der Waals surface area contributed by atoms with E-state index in [-0.39, 0.29) is 5.91 Å². The monoisotopic (exact) mass is 275 g/mol. The van der Waals surface area contributed by atoms with Crippen molar-refractivity contribution in [3.63, 3.8) is 0 Å². The second kappa shape index (κ2) is 5.57. The molecule has 1 amide bonds. The molecule has 1 aliphatic carbocycles. The fraction of sp³-hybridized carbons (Fsp3) is 0.429. The molecule has 0 unspecified atom stereocenters. The number of aromatic amines is 1. The van der Waals surface area contributed by atoms with Gasteiger partial charge in [-0.3, -0.25) is 9.89 Å². The third-order valence-electron chi connectivity index (χ3n) is 3.48. The minimum Gasteiger partial charge on any atom is -0.347 e. The fourth-order valence-corrected chi connectivity index (χ4v) is 3.59. The number of thiophene rings is 1. The van der Waals surface area contributed by atoms with Crippen LogP contribution in [0.5, 0.6) is 0 Å². The van der Waals surface area contributed by atoms with Crippen LogP contribution in [0.2, 0.25) is 0 Å². The molecule has 4 nitrogen and oxygen atoms in total. The van der Waals surface area contributed by atoms with Crippen LogP contribution >= 0.6 is 11.3 Å². The van der Waals surface area contributed by atoms with Crippen molar-refractivity contribution < 1.29 is 4.79 Å². The van der Waals surface area contributed by atoms with E-state index in [2.05, 4.69) is 21.6 Å².